The molecule has 2 heterocycles. The van der Waals surface area contributed by atoms with Gasteiger partial charge in [-0.05, 0) is 13.0 Å². The number of hydrogen-bond donors (Lipinski definition) is 4. The maximum absolute atomic E-state index is 11.3. The summed E-state index contributed by atoms with van der Waals surface area (Å²) in [5.74, 6) is 0.655. The molecule has 2 rings (SSSR count). The third-order valence-electron chi connectivity index (χ3n) is 2.06. The van der Waals surface area contributed by atoms with Gasteiger partial charge in [0.05, 0.1) is 0 Å². The smallest absolute Gasteiger partial charge is 0.327 e. The Hall–Kier alpha value is -1.89. The molecule has 0 atom stereocenters. The molecule has 7 heteroatoms. The number of hydrogen-bond acceptors (Lipinski definition) is 4. The van der Waals surface area contributed by atoms with E-state index in [2.05, 4.69) is 19.9 Å². The van der Waals surface area contributed by atoms with Gasteiger partial charge >= 0.3 is 5.69 Å². The van der Waals surface area contributed by atoms with Gasteiger partial charge in [0.1, 0.15) is 11.3 Å². The third kappa shape index (κ3) is 1.82. The molecule has 0 aromatic carbocycles. The lowest BCUT2D eigenvalue weighted by Crippen LogP contribution is -2.21. The lowest BCUT2D eigenvalue weighted by Gasteiger charge is -1.90. The number of nitrogens with two attached hydrogens (primary N) is 1. The van der Waals surface area contributed by atoms with Gasteiger partial charge in [-0.2, -0.15) is 0 Å². The van der Waals surface area contributed by atoms with Crippen molar-refractivity contribution < 1.29 is 0 Å². The monoisotopic (exact) mass is 209 g/mol. The summed E-state index contributed by atoms with van der Waals surface area (Å²) in [6.07, 6.45) is 1.44. The molecule has 0 aliphatic heterocycles. The first-order valence-electron chi connectivity index (χ1n) is 4.62. The van der Waals surface area contributed by atoms with Gasteiger partial charge in [0, 0.05) is 6.42 Å². The topological polar surface area (TPSA) is 120 Å². The Kier molecular flexibility index (Phi) is 2.38. The number of H-pyrrole nitrogens is 3. The van der Waals surface area contributed by atoms with Crippen LogP contribution in [0.15, 0.2) is 9.59 Å². The molecule has 0 saturated heterocycles. The van der Waals surface area contributed by atoms with Gasteiger partial charge in [-0.1, -0.05) is 0 Å². The maximum Gasteiger partial charge on any atom is 0.327 e. The zero-order valence-electron chi connectivity index (χ0n) is 7.96. The van der Waals surface area contributed by atoms with Crippen molar-refractivity contribution in [3.05, 3.63) is 26.7 Å². The molecule has 5 N–H and O–H groups in total. The second kappa shape index (κ2) is 3.70. The minimum Gasteiger partial charge on any atom is -0.336 e. The summed E-state index contributed by atoms with van der Waals surface area (Å²) < 4.78 is 0. The SMILES string of the molecule is NCCCc1nc2[nH]c(=O)[nH]c(=O)c2[nH]1. The number of aromatic amines is 3. The molecule has 0 aliphatic rings. The number of nitrogens with zero attached hydrogens (tertiary/aromatic N) is 1. The summed E-state index contributed by atoms with van der Waals surface area (Å²) in [5.41, 5.74) is 4.93. The molecule has 2 aromatic rings. The number of imidazole rings is 1. The second-order valence-corrected chi connectivity index (χ2v) is 3.21. The highest BCUT2D eigenvalue weighted by atomic mass is 16.2. The fraction of sp³-hybridized carbons (Fsp3) is 0.375. The van der Waals surface area contributed by atoms with Crippen molar-refractivity contribution in [3.63, 3.8) is 0 Å². The van der Waals surface area contributed by atoms with Crippen molar-refractivity contribution in [2.45, 2.75) is 12.8 Å². The van der Waals surface area contributed by atoms with E-state index in [0.717, 1.165) is 6.42 Å². The van der Waals surface area contributed by atoms with Gasteiger partial charge < -0.3 is 10.7 Å². The zero-order valence-corrected chi connectivity index (χ0v) is 7.96. The average molecular weight is 209 g/mol. The first-order chi connectivity index (χ1) is 7.20. The summed E-state index contributed by atoms with van der Waals surface area (Å²) in [5, 5.41) is 0. The highest BCUT2D eigenvalue weighted by molar-refractivity contribution is 5.68. The molecule has 0 amide bonds. The molecular weight excluding hydrogens is 198 g/mol. The molecule has 0 unspecified atom stereocenters. The van der Waals surface area contributed by atoms with Crippen LogP contribution in [0.25, 0.3) is 11.2 Å². The maximum atomic E-state index is 11.3. The molecule has 80 valence electrons. The van der Waals surface area contributed by atoms with E-state index in [1.54, 1.807) is 0 Å². The zero-order chi connectivity index (χ0) is 10.8. The Morgan fingerprint density at radius 1 is 1.20 bits per heavy atom. The number of rotatable bonds is 3. The van der Waals surface area contributed by atoms with Crippen LogP contribution in [0.2, 0.25) is 0 Å². The Morgan fingerprint density at radius 3 is 2.73 bits per heavy atom. The van der Waals surface area contributed by atoms with Crippen molar-refractivity contribution in [3.8, 4) is 0 Å². The largest absolute Gasteiger partial charge is 0.336 e. The summed E-state index contributed by atoms with van der Waals surface area (Å²) in [6, 6.07) is 0. The van der Waals surface area contributed by atoms with E-state index in [1.165, 1.54) is 0 Å². The van der Waals surface area contributed by atoms with Crippen LogP contribution >= 0.6 is 0 Å². The summed E-state index contributed by atoms with van der Waals surface area (Å²) in [6.45, 7) is 0.559. The lowest BCUT2D eigenvalue weighted by molar-refractivity contribution is 0.796. The molecule has 7 nitrogen and oxygen atoms in total. The number of fused-ring (bicyclic) bond motifs is 1. The van der Waals surface area contributed by atoms with Crippen LogP contribution in [0.4, 0.5) is 0 Å². The summed E-state index contributed by atoms with van der Waals surface area (Å²) >= 11 is 0. The normalized spacial score (nSPS) is 11.0. The number of aryl methyl sites for hydroxylation is 1. The van der Waals surface area contributed by atoms with Crippen molar-refractivity contribution in [2.75, 3.05) is 6.54 Å². The molecule has 0 fully saturated rings. The fourth-order valence-corrected chi connectivity index (χ4v) is 1.37. The molecule has 0 saturated carbocycles. The van der Waals surface area contributed by atoms with Gasteiger partial charge in [0.15, 0.2) is 5.65 Å². The minimum atomic E-state index is -0.552. The van der Waals surface area contributed by atoms with E-state index in [0.29, 0.717) is 24.3 Å². The Balaban J connectivity index is 2.51. The molecular formula is C8H11N5O2. The standard InChI is InChI=1S/C8H11N5O2/c9-3-1-2-4-10-5-6(11-4)12-8(15)13-7(5)14/h1-3,9H2,(H3,10,11,12,13,14,15). The van der Waals surface area contributed by atoms with Crippen LogP contribution in [-0.2, 0) is 6.42 Å². The van der Waals surface area contributed by atoms with Gasteiger partial charge in [-0.25, -0.2) is 9.78 Å². The van der Waals surface area contributed by atoms with Gasteiger partial charge in [0.2, 0.25) is 0 Å². The fourth-order valence-electron chi connectivity index (χ4n) is 1.37. The lowest BCUT2D eigenvalue weighted by atomic mass is 10.3. The molecule has 0 radical (unpaired) electrons. The van der Waals surface area contributed by atoms with Gasteiger partial charge in [0.25, 0.3) is 5.56 Å². The van der Waals surface area contributed by atoms with E-state index in [-0.39, 0.29) is 5.65 Å². The van der Waals surface area contributed by atoms with Crippen LogP contribution in [-0.4, -0.2) is 26.5 Å². The first kappa shape index (κ1) is 9.66. The highest BCUT2D eigenvalue weighted by Crippen LogP contribution is 2.02. The van der Waals surface area contributed by atoms with E-state index < -0.39 is 11.2 Å². The van der Waals surface area contributed by atoms with E-state index in [1.807, 2.05) is 0 Å². The van der Waals surface area contributed by atoms with Crippen LogP contribution in [0.3, 0.4) is 0 Å². The second-order valence-electron chi connectivity index (χ2n) is 3.21. The van der Waals surface area contributed by atoms with Crippen molar-refractivity contribution >= 4 is 11.2 Å². The van der Waals surface area contributed by atoms with E-state index >= 15 is 0 Å². The molecule has 0 aliphatic carbocycles. The first-order valence-corrected chi connectivity index (χ1v) is 4.62. The van der Waals surface area contributed by atoms with Crippen LogP contribution in [0.1, 0.15) is 12.2 Å². The van der Waals surface area contributed by atoms with E-state index in [4.69, 9.17) is 5.73 Å². The Labute approximate surface area is 83.7 Å². The van der Waals surface area contributed by atoms with Crippen LogP contribution in [0, 0.1) is 0 Å². The number of aromatic nitrogens is 4. The van der Waals surface area contributed by atoms with E-state index in [9.17, 15) is 9.59 Å². The van der Waals surface area contributed by atoms with Crippen molar-refractivity contribution in [1.29, 1.82) is 0 Å². The Morgan fingerprint density at radius 2 is 2.00 bits per heavy atom. The van der Waals surface area contributed by atoms with Crippen LogP contribution < -0.4 is 17.0 Å². The van der Waals surface area contributed by atoms with Crippen LogP contribution in [0.5, 0.6) is 0 Å². The van der Waals surface area contributed by atoms with Gasteiger partial charge in [-0.15, -0.1) is 0 Å². The number of nitrogens with one attached hydrogen (secondary N) is 3. The molecule has 0 spiro atoms. The molecule has 2 aromatic heterocycles. The van der Waals surface area contributed by atoms with Gasteiger partial charge in [-0.3, -0.25) is 14.8 Å². The van der Waals surface area contributed by atoms with Crippen molar-refractivity contribution in [2.24, 2.45) is 5.73 Å². The minimum absolute atomic E-state index is 0.288. The Bertz CT molecular complexity index is 578. The van der Waals surface area contributed by atoms with Crippen molar-refractivity contribution in [1.82, 2.24) is 19.9 Å². The quantitative estimate of drug-likeness (QED) is 0.509. The average Bonchev–Trinajstić information content (AvgIpc) is 2.57. The summed E-state index contributed by atoms with van der Waals surface area (Å²) in [4.78, 5) is 33.8. The summed E-state index contributed by atoms with van der Waals surface area (Å²) in [7, 11) is 0. The predicted octanol–water partition coefficient (Wildman–Crippen LogP) is -1.17. The highest BCUT2D eigenvalue weighted by Gasteiger charge is 2.06. The predicted molar refractivity (Wildman–Crippen MR) is 54.7 cm³/mol. The molecule has 15 heavy (non-hydrogen) atoms. The molecule has 0 bridgehead atoms. The third-order valence-corrected chi connectivity index (χ3v) is 2.06.